The maximum atomic E-state index is 11.5. The highest BCUT2D eigenvalue weighted by molar-refractivity contribution is 7.91. The van der Waals surface area contributed by atoms with Crippen LogP contribution in [0.25, 0.3) is 0 Å². The number of fused-ring (bicyclic) bond motifs is 1. The standard InChI is InChI=1S/C14H19NO2S/c16-18(17)9-8-12(10-18)15-14-7-3-5-11-4-1-2-6-13(11)14/h1-2,4,6,12,14-15H,3,5,7-10H2. The lowest BCUT2D eigenvalue weighted by molar-refractivity contribution is 0.412. The number of benzene rings is 1. The molecule has 1 aromatic rings. The van der Waals surface area contributed by atoms with E-state index in [4.69, 9.17) is 0 Å². The quantitative estimate of drug-likeness (QED) is 0.887. The zero-order chi connectivity index (χ0) is 12.6. The van der Waals surface area contributed by atoms with E-state index in [0.29, 0.717) is 17.5 Å². The molecule has 0 aromatic heterocycles. The van der Waals surface area contributed by atoms with Crippen molar-refractivity contribution in [2.45, 2.75) is 37.8 Å². The minimum atomic E-state index is -2.79. The second kappa shape index (κ2) is 4.67. The Balaban J connectivity index is 1.75. The Morgan fingerprint density at radius 2 is 2.00 bits per heavy atom. The summed E-state index contributed by atoms with van der Waals surface area (Å²) in [5, 5.41) is 3.55. The molecule has 2 atom stereocenters. The van der Waals surface area contributed by atoms with Crippen LogP contribution in [0.2, 0.25) is 0 Å². The maximum absolute atomic E-state index is 11.5. The summed E-state index contributed by atoms with van der Waals surface area (Å²) in [4.78, 5) is 0. The fraction of sp³-hybridized carbons (Fsp3) is 0.571. The Labute approximate surface area is 109 Å². The summed E-state index contributed by atoms with van der Waals surface area (Å²) < 4.78 is 23.0. The molecule has 4 heteroatoms. The normalized spacial score (nSPS) is 30.0. The van der Waals surface area contributed by atoms with E-state index in [1.54, 1.807) is 0 Å². The van der Waals surface area contributed by atoms with Crippen molar-refractivity contribution in [1.82, 2.24) is 5.32 Å². The summed E-state index contributed by atoms with van der Waals surface area (Å²) in [7, 11) is -2.79. The van der Waals surface area contributed by atoms with E-state index in [1.165, 1.54) is 17.5 Å². The molecule has 1 aromatic carbocycles. The highest BCUT2D eigenvalue weighted by Gasteiger charge is 2.30. The van der Waals surface area contributed by atoms with E-state index in [1.807, 2.05) is 0 Å². The first-order valence-electron chi connectivity index (χ1n) is 6.68. The number of nitrogens with one attached hydrogen (secondary N) is 1. The molecule has 2 unspecified atom stereocenters. The van der Waals surface area contributed by atoms with Gasteiger partial charge in [0, 0.05) is 12.1 Å². The van der Waals surface area contributed by atoms with Gasteiger partial charge in [0.25, 0.3) is 0 Å². The van der Waals surface area contributed by atoms with Crippen LogP contribution in [0.5, 0.6) is 0 Å². The predicted molar refractivity (Wildman–Crippen MR) is 72.3 cm³/mol. The van der Waals surface area contributed by atoms with Gasteiger partial charge in [-0.1, -0.05) is 24.3 Å². The number of aryl methyl sites for hydroxylation is 1. The number of hydrogen-bond acceptors (Lipinski definition) is 3. The molecule has 3 rings (SSSR count). The third kappa shape index (κ3) is 2.45. The van der Waals surface area contributed by atoms with Crippen LogP contribution in [-0.2, 0) is 16.3 Å². The lowest BCUT2D eigenvalue weighted by atomic mass is 9.87. The van der Waals surface area contributed by atoms with Crippen molar-refractivity contribution in [2.75, 3.05) is 11.5 Å². The van der Waals surface area contributed by atoms with Gasteiger partial charge < -0.3 is 5.32 Å². The summed E-state index contributed by atoms with van der Waals surface area (Å²) in [5.41, 5.74) is 2.79. The zero-order valence-corrected chi connectivity index (χ0v) is 11.2. The topological polar surface area (TPSA) is 46.2 Å². The molecule has 0 spiro atoms. The van der Waals surface area contributed by atoms with Crippen LogP contribution >= 0.6 is 0 Å². The highest BCUT2D eigenvalue weighted by atomic mass is 32.2. The van der Waals surface area contributed by atoms with Gasteiger partial charge in [0.05, 0.1) is 11.5 Å². The second-order valence-corrected chi connectivity index (χ2v) is 7.64. The largest absolute Gasteiger partial charge is 0.306 e. The Bertz CT molecular complexity index is 538. The molecule has 0 radical (unpaired) electrons. The van der Waals surface area contributed by atoms with Crippen molar-refractivity contribution >= 4 is 9.84 Å². The van der Waals surface area contributed by atoms with Crippen LogP contribution in [0.15, 0.2) is 24.3 Å². The van der Waals surface area contributed by atoms with Gasteiger partial charge in [0.1, 0.15) is 0 Å². The third-order valence-corrected chi connectivity index (χ3v) is 5.81. The van der Waals surface area contributed by atoms with Gasteiger partial charge in [-0.05, 0) is 36.8 Å². The molecular formula is C14H19NO2S. The van der Waals surface area contributed by atoms with Crippen molar-refractivity contribution < 1.29 is 8.42 Å². The average molecular weight is 265 g/mol. The van der Waals surface area contributed by atoms with E-state index in [0.717, 1.165) is 19.3 Å². The average Bonchev–Trinajstić information content (AvgIpc) is 2.69. The van der Waals surface area contributed by atoms with Crippen LogP contribution in [0, 0.1) is 0 Å². The van der Waals surface area contributed by atoms with E-state index < -0.39 is 9.84 Å². The molecule has 1 fully saturated rings. The Morgan fingerprint density at radius 1 is 1.17 bits per heavy atom. The predicted octanol–water partition coefficient (Wildman–Crippen LogP) is 1.84. The molecule has 0 bridgehead atoms. The van der Waals surface area contributed by atoms with Gasteiger partial charge in [-0.3, -0.25) is 0 Å². The van der Waals surface area contributed by atoms with Crippen LogP contribution in [0.4, 0.5) is 0 Å². The number of rotatable bonds is 2. The maximum Gasteiger partial charge on any atom is 0.151 e. The fourth-order valence-electron chi connectivity index (χ4n) is 3.14. The zero-order valence-electron chi connectivity index (χ0n) is 10.4. The van der Waals surface area contributed by atoms with Crippen LogP contribution in [0.1, 0.15) is 36.4 Å². The highest BCUT2D eigenvalue weighted by Crippen LogP contribution is 2.30. The minimum Gasteiger partial charge on any atom is -0.306 e. The molecule has 98 valence electrons. The SMILES string of the molecule is O=S1(=O)CCC(NC2CCCc3ccccc32)C1. The molecule has 1 aliphatic heterocycles. The molecule has 1 saturated heterocycles. The minimum absolute atomic E-state index is 0.145. The molecule has 3 nitrogen and oxygen atoms in total. The Kier molecular flexibility index (Phi) is 3.16. The van der Waals surface area contributed by atoms with Gasteiger partial charge in [0.15, 0.2) is 9.84 Å². The molecular weight excluding hydrogens is 246 g/mol. The summed E-state index contributed by atoms with van der Waals surface area (Å²) in [5.74, 6) is 0.657. The van der Waals surface area contributed by atoms with Crippen molar-refractivity contribution in [2.24, 2.45) is 0 Å². The first-order valence-corrected chi connectivity index (χ1v) is 8.50. The van der Waals surface area contributed by atoms with Crippen molar-refractivity contribution in [3.8, 4) is 0 Å². The molecule has 1 N–H and O–H groups in total. The van der Waals surface area contributed by atoms with Gasteiger partial charge in [-0.25, -0.2) is 8.42 Å². The molecule has 1 aliphatic carbocycles. The van der Waals surface area contributed by atoms with Crippen molar-refractivity contribution in [3.63, 3.8) is 0 Å². The van der Waals surface area contributed by atoms with E-state index in [9.17, 15) is 8.42 Å². The summed E-state index contributed by atoms with van der Waals surface area (Å²) in [6.45, 7) is 0. The first kappa shape index (κ1) is 12.2. The lowest BCUT2D eigenvalue weighted by Gasteiger charge is -2.28. The monoisotopic (exact) mass is 265 g/mol. The smallest absolute Gasteiger partial charge is 0.151 e. The van der Waals surface area contributed by atoms with Crippen LogP contribution in [0.3, 0.4) is 0 Å². The van der Waals surface area contributed by atoms with E-state index in [2.05, 4.69) is 29.6 Å². The molecule has 1 heterocycles. The van der Waals surface area contributed by atoms with Crippen molar-refractivity contribution in [1.29, 1.82) is 0 Å². The van der Waals surface area contributed by atoms with Gasteiger partial charge in [-0.2, -0.15) is 0 Å². The van der Waals surface area contributed by atoms with E-state index in [-0.39, 0.29) is 6.04 Å². The van der Waals surface area contributed by atoms with Gasteiger partial charge >= 0.3 is 0 Å². The van der Waals surface area contributed by atoms with Gasteiger partial charge in [-0.15, -0.1) is 0 Å². The lowest BCUT2D eigenvalue weighted by Crippen LogP contribution is -2.35. The van der Waals surface area contributed by atoms with E-state index >= 15 is 0 Å². The molecule has 0 amide bonds. The molecule has 2 aliphatic rings. The summed E-state index contributed by atoms with van der Waals surface area (Å²) in [6.07, 6.45) is 4.22. The Hall–Kier alpha value is -0.870. The molecule has 0 saturated carbocycles. The number of hydrogen-bond donors (Lipinski definition) is 1. The van der Waals surface area contributed by atoms with Crippen molar-refractivity contribution in [3.05, 3.63) is 35.4 Å². The summed E-state index contributed by atoms with van der Waals surface area (Å²) in [6, 6.07) is 9.01. The Morgan fingerprint density at radius 3 is 2.78 bits per heavy atom. The first-order chi connectivity index (χ1) is 8.64. The fourth-order valence-corrected chi connectivity index (χ4v) is 4.82. The van der Waals surface area contributed by atoms with Gasteiger partial charge in [0.2, 0.25) is 0 Å². The second-order valence-electron chi connectivity index (χ2n) is 5.41. The summed E-state index contributed by atoms with van der Waals surface area (Å²) >= 11 is 0. The van der Waals surface area contributed by atoms with Crippen LogP contribution in [-0.4, -0.2) is 26.0 Å². The number of sulfone groups is 1. The van der Waals surface area contributed by atoms with Crippen LogP contribution < -0.4 is 5.32 Å². The third-order valence-electron chi connectivity index (χ3n) is 4.04. The molecule has 18 heavy (non-hydrogen) atoms.